The second kappa shape index (κ2) is 13.6. The Bertz CT molecular complexity index is 2400. The van der Waals surface area contributed by atoms with Gasteiger partial charge in [-0.25, -0.2) is 15.0 Å². The third kappa shape index (κ3) is 6.27. The van der Waals surface area contributed by atoms with Gasteiger partial charge in [-0.3, -0.25) is 0 Å². The lowest BCUT2D eigenvalue weighted by atomic mass is 9.94. The highest BCUT2D eigenvalue weighted by atomic mass is 15.1. The summed E-state index contributed by atoms with van der Waals surface area (Å²) in [6.45, 7) is 0. The highest BCUT2D eigenvalue weighted by Gasteiger charge is 2.14. The van der Waals surface area contributed by atoms with E-state index in [4.69, 9.17) is 15.0 Å². The maximum absolute atomic E-state index is 10.3. The van der Waals surface area contributed by atoms with E-state index in [9.17, 15) is 5.26 Å². The van der Waals surface area contributed by atoms with Gasteiger partial charge in [-0.05, 0) is 46.5 Å². The fourth-order valence-electron chi connectivity index (χ4n) is 5.91. The molecule has 50 heavy (non-hydrogen) atoms. The number of hydrogen-bond acceptors (Lipinski definition) is 6. The molecule has 0 radical (unpaired) electrons. The molecular weight excluding hydrogens is 613 g/mol. The largest absolute Gasteiger partial charge is 0.208 e. The first-order valence-electron chi connectivity index (χ1n) is 16.2. The van der Waals surface area contributed by atoms with Gasteiger partial charge in [0.15, 0.2) is 17.5 Å². The van der Waals surface area contributed by atoms with Crippen LogP contribution >= 0.6 is 0 Å². The molecular formula is C44H28N6. The van der Waals surface area contributed by atoms with Gasteiger partial charge in [0.2, 0.25) is 0 Å². The Morgan fingerprint density at radius 2 is 0.780 bits per heavy atom. The zero-order valence-electron chi connectivity index (χ0n) is 26.8. The molecule has 0 aliphatic carbocycles. The van der Waals surface area contributed by atoms with Crippen LogP contribution in [0.25, 0.3) is 78.9 Å². The van der Waals surface area contributed by atoms with Crippen LogP contribution in [0.15, 0.2) is 170 Å². The Kier molecular flexibility index (Phi) is 8.20. The monoisotopic (exact) mass is 640 g/mol. The van der Waals surface area contributed by atoms with Crippen LogP contribution in [0.4, 0.5) is 0 Å². The summed E-state index contributed by atoms with van der Waals surface area (Å²) in [4.78, 5) is 14.6. The molecule has 234 valence electrons. The van der Waals surface area contributed by atoms with Gasteiger partial charge >= 0.3 is 0 Å². The molecule has 2 aromatic heterocycles. The number of hydrogen-bond donors (Lipinski definition) is 0. The van der Waals surface area contributed by atoms with E-state index in [2.05, 4.69) is 22.3 Å². The smallest absolute Gasteiger partial charge is 0.164 e. The quantitative estimate of drug-likeness (QED) is 0.172. The Morgan fingerprint density at radius 1 is 0.340 bits per heavy atom. The van der Waals surface area contributed by atoms with E-state index in [0.717, 1.165) is 61.5 Å². The van der Waals surface area contributed by atoms with Gasteiger partial charge < -0.3 is 0 Å². The van der Waals surface area contributed by atoms with E-state index in [1.165, 1.54) is 0 Å². The Labute approximate surface area is 290 Å². The molecule has 0 saturated heterocycles. The van der Waals surface area contributed by atoms with Crippen molar-refractivity contribution in [1.29, 1.82) is 5.26 Å². The Morgan fingerprint density at radius 3 is 1.32 bits per heavy atom. The van der Waals surface area contributed by atoms with E-state index in [1.54, 1.807) is 0 Å². The van der Waals surface area contributed by atoms with Crippen LogP contribution in [0.5, 0.6) is 0 Å². The molecule has 0 saturated carbocycles. The van der Waals surface area contributed by atoms with Crippen LogP contribution in [-0.2, 0) is 0 Å². The molecule has 8 aromatic rings. The maximum atomic E-state index is 10.3. The first-order valence-corrected chi connectivity index (χ1v) is 16.2. The summed E-state index contributed by atoms with van der Waals surface area (Å²) in [5, 5.41) is 19.2. The zero-order valence-corrected chi connectivity index (χ0v) is 26.8. The molecule has 0 bridgehead atoms. The Balaban J connectivity index is 1.09. The van der Waals surface area contributed by atoms with Crippen molar-refractivity contribution in [2.75, 3.05) is 0 Å². The van der Waals surface area contributed by atoms with Gasteiger partial charge in [0.25, 0.3) is 0 Å². The van der Waals surface area contributed by atoms with Gasteiger partial charge in [-0.2, -0.15) is 5.26 Å². The standard InChI is InChI=1S/C44H28N6/c45-29-38-27-35(30-19-21-32(22-20-30)41-26-25-40(49-50-41)31-11-4-1-5-12-31)23-24-39(38)36-17-10-18-37(28-36)44-47-42(33-13-6-2-7-14-33)46-43(48-44)34-15-8-3-9-16-34/h1-28H. The van der Waals surface area contributed by atoms with Crippen molar-refractivity contribution in [3.05, 3.63) is 175 Å². The van der Waals surface area contributed by atoms with Gasteiger partial charge in [0.05, 0.1) is 23.0 Å². The van der Waals surface area contributed by atoms with E-state index < -0.39 is 0 Å². The molecule has 8 rings (SSSR count). The molecule has 0 atom stereocenters. The second-order valence-corrected chi connectivity index (χ2v) is 11.7. The van der Waals surface area contributed by atoms with Gasteiger partial charge in [0.1, 0.15) is 0 Å². The van der Waals surface area contributed by atoms with E-state index in [1.807, 2.05) is 164 Å². The van der Waals surface area contributed by atoms with Crippen LogP contribution in [0.3, 0.4) is 0 Å². The maximum Gasteiger partial charge on any atom is 0.164 e. The number of nitrogens with zero attached hydrogens (tertiary/aromatic N) is 6. The lowest BCUT2D eigenvalue weighted by Crippen LogP contribution is -2.00. The number of nitriles is 1. The van der Waals surface area contributed by atoms with Gasteiger partial charge in [0, 0.05) is 27.8 Å². The summed E-state index contributed by atoms with van der Waals surface area (Å²) in [5.74, 6) is 1.77. The summed E-state index contributed by atoms with van der Waals surface area (Å²) < 4.78 is 0. The molecule has 2 heterocycles. The highest BCUT2D eigenvalue weighted by Crippen LogP contribution is 2.33. The molecule has 0 aliphatic rings. The first kappa shape index (κ1) is 30.2. The summed E-state index contributed by atoms with van der Waals surface area (Å²) in [6.07, 6.45) is 0. The average molecular weight is 641 g/mol. The van der Waals surface area contributed by atoms with Crippen molar-refractivity contribution in [3.63, 3.8) is 0 Å². The molecule has 0 unspecified atom stereocenters. The van der Waals surface area contributed by atoms with Crippen LogP contribution in [0.1, 0.15) is 5.56 Å². The van der Waals surface area contributed by atoms with E-state index in [0.29, 0.717) is 23.0 Å². The van der Waals surface area contributed by atoms with Crippen molar-refractivity contribution in [2.45, 2.75) is 0 Å². The normalized spacial score (nSPS) is 10.8. The van der Waals surface area contributed by atoms with E-state index >= 15 is 0 Å². The summed E-state index contributed by atoms with van der Waals surface area (Å²) in [7, 11) is 0. The minimum atomic E-state index is 0.564. The minimum absolute atomic E-state index is 0.564. The average Bonchev–Trinajstić information content (AvgIpc) is 3.21. The first-order chi connectivity index (χ1) is 24.7. The zero-order chi connectivity index (χ0) is 33.7. The Hall–Kier alpha value is -7.10. The van der Waals surface area contributed by atoms with Crippen LogP contribution in [0, 0.1) is 11.3 Å². The van der Waals surface area contributed by atoms with Crippen LogP contribution < -0.4 is 0 Å². The summed E-state index contributed by atoms with van der Waals surface area (Å²) in [6, 6.07) is 58.4. The molecule has 6 aromatic carbocycles. The number of rotatable bonds is 7. The number of aromatic nitrogens is 5. The molecule has 6 nitrogen and oxygen atoms in total. The van der Waals surface area contributed by atoms with Crippen molar-refractivity contribution >= 4 is 0 Å². The molecule has 0 spiro atoms. The highest BCUT2D eigenvalue weighted by molar-refractivity contribution is 5.80. The fourth-order valence-corrected chi connectivity index (χ4v) is 5.91. The second-order valence-electron chi connectivity index (χ2n) is 11.7. The lowest BCUT2D eigenvalue weighted by molar-refractivity contribution is 1.04. The molecule has 0 amide bonds. The minimum Gasteiger partial charge on any atom is -0.208 e. The molecule has 0 aliphatic heterocycles. The van der Waals surface area contributed by atoms with Gasteiger partial charge in [-0.15, -0.1) is 10.2 Å². The van der Waals surface area contributed by atoms with E-state index in [-0.39, 0.29) is 0 Å². The fraction of sp³-hybridized carbons (Fsp3) is 0. The lowest BCUT2D eigenvalue weighted by Gasteiger charge is -2.11. The third-order valence-electron chi connectivity index (χ3n) is 8.52. The van der Waals surface area contributed by atoms with Crippen LogP contribution in [0.2, 0.25) is 0 Å². The topological polar surface area (TPSA) is 88.2 Å². The van der Waals surface area contributed by atoms with Crippen molar-refractivity contribution in [3.8, 4) is 85.0 Å². The summed E-state index contributed by atoms with van der Waals surface area (Å²) in [5.41, 5.74) is 10.6. The number of benzene rings is 6. The van der Waals surface area contributed by atoms with Gasteiger partial charge in [-0.1, -0.05) is 146 Å². The third-order valence-corrected chi connectivity index (χ3v) is 8.52. The molecule has 0 fully saturated rings. The van der Waals surface area contributed by atoms with Crippen molar-refractivity contribution in [1.82, 2.24) is 25.1 Å². The molecule has 6 heteroatoms. The van der Waals surface area contributed by atoms with Crippen molar-refractivity contribution in [2.24, 2.45) is 0 Å². The predicted octanol–water partition coefficient (Wildman–Crippen LogP) is 10.2. The summed E-state index contributed by atoms with van der Waals surface area (Å²) >= 11 is 0. The SMILES string of the molecule is N#Cc1cc(-c2ccc(-c3ccc(-c4ccccc4)nn3)cc2)ccc1-c1cccc(-c2nc(-c3ccccc3)nc(-c3ccccc3)n2)c1. The molecule has 0 N–H and O–H groups in total. The van der Waals surface area contributed by atoms with Crippen LogP contribution in [-0.4, -0.2) is 25.1 Å². The van der Waals surface area contributed by atoms with Crippen molar-refractivity contribution < 1.29 is 0 Å². The predicted molar refractivity (Wildman–Crippen MR) is 198 cm³/mol.